The van der Waals surface area contributed by atoms with Gasteiger partial charge in [-0.25, -0.2) is 16.8 Å². The summed E-state index contributed by atoms with van der Waals surface area (Å²) >= 11 is 1.46. The predicted octanol–water partition coefficient (Wildman–Crippen LogP) is 1.95. The highest BCUT2D eigenvalue weighted by atomic mass is 32.3. The summed E-state index contributed by atoms with van der Waals surface area (Å²) in [6.45, 7) is -0.00986. The van der Waals surface area contributed by atoms with Crippen LogP contribution < -0.4 is 9.03 Å². The zero-order chi connectivity index (χ0) is 21.7. The Morgan fingerprint density at radius 1 is 1.21 bits per heavy atom. The molecule has 1 aliphatic rings. The molecule has 2 atom stereocenters. The largest absolute Gasteiger partial charge is 0.343 e. The third-order valence-electron chi connectivity index (χ3n) is 4.68. The highest BCUT2D eigenvalue weighted by Crippen LogP contribution is 2.35. The maximum atomic E-state index is 12.3. The van der Waals surface area contributed by atoms with Crippen LogP contribution in [0.3, 0.4) is 0 Å². The molecule has 8 nitrogen and oxygen atoms in total. The van der Waals surface area contributed by atoms with Crippen LogP contribution in [0.25, 0.3) is 0 Å². The summed E-state index contributed by atoms with van der Waals surface area (Å²) in [6, 6.07) is 8.27. The van der Waals surface area contributed by atoms with Crippen LogP contribution in [0, 0.1) is 23.2 Å². The van der Waals surface area contributed by atoms with Gasteiger partial charge in [0, 0.05) is 16.6 Å². The van der Waals surface area contributed by atoms with E-state index in [1.165, 1.54) is 23.9 Å². The first kappa shape index (κ1) is 23.5. The highest BCUT2D eigenvalue weighted by molar-refractivity contribution is 8.09. The summed E-state index contributed by atoms with van der Waals surface area (Å²) in [6.07, 6.45) is 5.37. The van der Waals surface area contributed by atoms with Gasteiger partial charge in [-0.3, -0.25) is 4.79 Å². The first-order chi connectivity index (χ1) is 13.5. The van der Waals surface area contributed by atoms with Crippen molar-refractivity contribution in [2.45, 2.75) is 30.6 Å². The highest BCUT2D eigenvalue weighted by Gasteiger charge is 2.31. The van der Waals surface area contributed by atoms with Crippen LogP contribution in [-0.2, 0) is 24.8 Å². The van der Waals surface area contributed by atoms with Gasteiger partial charge in [-0.15, -0.1) is 11.8 Å². The van der Waals surface area contributed by atoms with Crippen LogP contribution in [0.5, 0.6) is 0 Å². The standard InChI is InChI=1S/C18H25N3O5S3/c1-28(23,24)21(29(2,25)26)15-7-5-8-16(12-15)27-13-14-6-3-4-9-17(14)18(22)20-11-10-19/h5,7-8,12,14,17H,3-4,6,9,11,13H2,1-2H3,(H,20,22)/t14-,17+/m0/s1. The molecule has 0 bridgehead atoms. The normalized spacial score (nSPS) is 19.9. The van der Waals surface area contributed by atoms with Crippen molar-refractivity contribution in [1.82, 2.24) is 5.32 Å². The Morgan fingerprint density at radius 3 is 2.48 bits per heavy atom. The Labute approximate surface area is 176 Å². The summed E-state index contributed by atoms with van der Waals surface area (Å²) in [7, 11) is -8.00. The third-order valence-corrected chi connectivity index (χ3v) is 9.12. The molecule has 1 amide bonds. The van der Waals surface area contributed by atoms with Gasteiger partial charge in [0.1, 0.15) is 6.54 Å². The molecule has 1 aromatic carbocycles. The van der Waals surface area contributed by atoms with Crippen LogP contribution in [0.1, 0.15) is 25.7 Å². The minimum atomic E-state index is -4.00. The predicted molar refractivity (Wildman–Crippen MR) is 113 cm³/mol. The average molecular weight is 460 g/mol. The molecule has 0 spiro atoms. The lowest BCUT2D eigenvalue weighted by molar-refractivity contribution is -0.127. The van der Waals surface area contributed by atoms with E-state index in [-0.39, 0.29) is 30.0 Å². The molecule has 0 aromatic heterocycles. The molecule has 1 N–H and O–H groups in total. The van der Waals surface area contributed by atoms with E-state index in [0.29, 0.717) is 9.46 Å². The molecule has 0 heterocycles. The van der Waals surface area contributed by atoms with Gasteiger partial charge >= 0.3 is 0 Å². The second-order valence-corrected chi connectivity index (χ2v) is 12.0. The van der Waals surface area contributed by atoms with E-state index in [2.05, 4.69) is 5.32 Å². The minimum Gasteiger partial charge on any atom is -0.343 e. The Morgan fingerprint density at radius 2 is 1.86 bits per heavy atom. The number of anilines is 1. The number of amides is 1. The number of benzene rings is 1. The number of carbonyl (C=O) groups excluding carboxylic acids is 1. The molecular formula is C18H25N3O5S3. The Bertz CT molecular complexity index is 954. The number of carbonyl (C=O) groups is 1. The fourth-order valence-corrected chi connectivity index (χ4v) is 7.67. The van der Waals surface area contributed by atoms with Gasteiger partial charge in [-0.2, -0.15) is 8.97 Å². The number of hydrogen-bond acceptors (Lipinski definition) is 7. The van der Waals surface area contributed by atoms with Gasteiger partial charge in [0.2, 0.25) is 26.0 Å². The van der Waals surface area contributed by atoms with Crippen molar-refractivity contribution >= 4 is 43.4 Å². The van der Waals surface area contributed by atoms with Gasteiger partial charge < -0.3 is 5.32 Å². The van der Waals surface area contributed by atoms with Crippen LogP contribution in [0.15, 0.2) is 29.2 Å². The Hall–Kier alpha value is -1.77. The molecule has 0 saturated heterocycles. The van der Waals surface area contributed by atoms with E-state index in [4.69, 9.17) is 5.26 Å². The number of hydrogen-bond donors (Lipinski definition) is 1. The van der Waals surface area contributed by atoms with E-state index in [1.54, 1.807) is 12.1 Å². The zero-order valence-corrected chi connectivity index (χ0v) is 18.8. The molecule has 160 valence electrons. The van der Waals surface area contributed by atoms with Crippen molar-refractivity contribution in [3.8, 4) is 6.07 Å². The maximum Gasteiger partial charge on any atom is 0.245 e. The first-order valence-corrected chi connectivity index (χ1v) is 13.8. The van der Waals surface area contributed by atoms with E-state index in [0.717, 1.165) is 43.1 Å². The molecular weight excluding hydrogens is 434 g/mol. The Kier molecular flexibility index (Phi) is 7.96. The number of rotatable bonds is 8. The summed E-state index contributed by atoms with van der Waals surface area (Å²) in [5, 5.41) is 11.3. The Balaban J connectivity index is 2.15. The monoisotopic (exact) mass is 459 g/mol. The van der Waals surface area contributed by atoms with Crippen molar-refractivity contribution < 1.29 is 21.6 Å². The number of sulfonamides is 2. The van der Waals surface area contributed by atoms with Crippen LogP contribution >= 0.6 is 11.8 Å². The second kappa shape index (κ2) is 9.82. The van der Waals surface area contributed by atoms with Gasteiger partial charge in [0.25, 0.3) is 0 Å². The van der Waals surface area contributed by atoms with Crippen molar-refractivity contribution in [2.24, 2.45) is 11.8 Å². The fraction of sp³-hybridized carbons (Fsp3) is 0.556. The molecule has 2 rings (SSSR count). The van der Waals surface area contributed by atoms with E-state index >= 15 is 0 Å². The molecule has 0 radical (unpaired) electrons. The molecule has 1 fully saturated rings. The average Bonchev–Trinajstić information content (AvgIpc) is 2.62. The third kappa shape index (κ3) is 6.62. The van der Waals surface area contributed by atoms with Crippen LogP contribution in [0.2, 0.25) is 0 Å². The van der Waals surface area contributed by atoms with Gasteiger partial charge in [0.05, 0.1) is 24.3 Å². The summed E-state index contributed by atoms with van der Waals surface area (Å²) in [5.74, 6) is 0.519. The lowest BCUT2D eigenvalue weighted by atomic mass is 9.80. The maximum absolute atomic E-state index is 12.3. The second-order valence-electron chi connectivity index (χ2n) is 7.06. The van der Waals surface area contributed by atoms with Crippen molar-refractivity contribution in [3.63, 3.8) is 0 Å². The molecule has 1 aliphatic carbocycles. The number of nitrogens with one attached hydrogen (secondary N) is 1. The summed E-state index contributed by atoms with van der Waals surface area (Å²) in [4.78, 5) is 13.1. The minimum absolute atomic E-state index is 0.00986. The zero-order valence-electron chi connectivity index (χ0n) is 16.4. The van der Waals surface area contributed by atoms with Crippen molar-refractivity contribution in [2.75, 3.05) is 28.5 Å². The lowest BCUT2D eigenvalue weighted by Gasteiger charge is -2.30. The molecule has 0 aliphatic heterocycles. The smallest absolute Gasteiger partial charge is 0.245 e. The quantitative estimate of drug-likeness (QED) is 0.465. The van der Waals surface area contributed by atoms with Gasteiger partial charge in [-0.1, -0.05) is 18.9 Å². The van der Waals surface area contributed by atoms with Gasteiger partial charge in [-0.05, 0) is 37.0 Å². The number of nitriles is 1. The van der Waals surface area contributed by atoms with E-state index in [1.807, 2.05) is 6.07 Å². The number of thioether (sulfide) groups is 1. The van der Waals surface area contributed by atoms with E-state index < -0.39 is 20.0 Å². The van der Waals surface area contributed by atoms with Crippen molar-refractivity contribution in [1.29, 1.82) is 5.26 Å². The lowest BCUT2D eigenvalue weighted by Crippen LogP contribution is -2.37. The fourth-order valence-electron chi connectivity index (χ4n) is 3.53. The van der Waals surface area contributed by atoms with Gasteiger partial charge in [0.15, 0.2) is 0 Å². The van der Waals surface area contributed by atoms with Crippen molar-refractivity contribution in [3.05, 3.63) is 24.3 Å². The molecule has 29 heavy (non-hydrogen) atoms. The molecule has 0 unspecified atom stereocenters. The molecule has 11 heteroatoms. The molecule has 1 saturated carbocycles. The summed E-state index contributed by atoms with van der Waals surface area (Å²) < 4.78 is 48.3. The molecule has 1 aromatic rings. The van der Waals surface area contributed by atoms with Crippen LogP contribution in [-0.4, -0.2) is 47.6 Å². The topological polar surface area (TPSA) is 124 Å². The number of nitrogens with zero attached hydrogens (tertiary/aromatic N) is 2. The SMILES string of the molecule is CS(=O)(=O)N(c1cccc(SC[C@@H]2CCCC[C@H]2C(=O)NCC#N)c1)S(C)(=O)=O. The summed E-state index contributed by atoms with van der Waals surface area (Å²) in [5.41, 5.74) is 0.0620. The van der Waals surface area contributed by atoms with Crippen LogP contribution in [0.4, 0.5) is 5.69 Å². The van der Waals surface area contributed by atoms with E-state index in [9.17, 15) is 21.6 Å². The first-order valence-electron chi connectivity index (χ1n) is 9.12.